The van der Waals surface area contributed by atoms with Crippen molar-refractivity contribution in [2.24, 2.45) is 5.92 Å². The molecule has 1 aliphatic rings. The lowest BCUT2D eigenvalue weighted by Crippen LogP contribution is -2.41. The molecule has 1 aromatic carbocycles. The number of hydrogen-bond donors (Lipinski definition) is 3. The van der Waals surface area contributed by atoms with Gasteiger partial charge in [0.1, 0.15) is 0 Å². The van der Waals surface area contributed by atoms with Gasteiger partial charge in [0, 0.05) is 6.54 Å². The first-order chi connectivity index (χ1) is 9.00. The maximum absolute atomic E-state index is 10.7. The quantitative estimate of drug-likeness (QED) is 0.689. The average Bonchev–Trinajstić information content (AvgIpc) is 2.79. The molecule has 1 heterocycles. The summed E-state index contributed by atoms with van der Waals surface area (Å²) in [5, 5.41) is 17.6. The third kappa shape index (κ3) is 3.56. The number of nitrogens with one attached hydrogen (secondary N) is 2. The lowest BCUT2D eigenvalue weighted by atomic mass is 9.88. The van der Waals surface area contributed by atoms with Gasteiger partial charge < -0.3 is 15.7 Å². The first-order valence-electron chi connectivity index (χ1n) is 7.25. The van der Waals surface area contributed by atoms with E-state index in [-0.39, 0.29) is 6.04 Å². The Bertz CT molecular complexity index is 415. The summed E-state index contributed by atoms with van der Waals surface area (Å²) in [7, 11) is 0. The first kappa shape index (κ1) is 14.5. The molecular formula is C16H26N2O. The predicted molar refractivity (Wildman–Crippen MR) is 79.0 cm³/mol. The van der Waals surface area contributed by atoms with Gasteiger partial charge in [-0.3, -0.25) is 0 Å². The smallest absolute Gasteiger partial charge is 0.0825 e. The standard InChI is InChI=1S/C16H26N2O/c1-12(2)10-17-9-8-16(3,19)15-14-7-5-4-6-13(14)11-18-15/h4-7,12,15,17-19H,8-11H2,1-3H3. The summed E-state index contributed by atoms with van der Waals surface area (Å²) in [5.41, 5.74) is 1.84. The van der Waals surface area contributed by atoms with Crippen LogP contribution in [-0.2, 0) is 6.54 Å². The second kappa shape index (κ2) is 6.04. The summed E-state index contributed by atoms with van der Waals surface area (Å²) in [6, 6.07) is 8.41. The second-order valence-corrected chi connectivity index (χ2v) is 6.22. The van der Waals surface area contributed by atoms with Crippen molar-refractivity contribution < 1.29 is 5.11 Å². The maximum Gasteiger partial charge on any atom is 0.0825 e. The highest BCUT2D eigenvalue weighted by Crippen LogP contribution is 2.34. The van der Waals surface area contributed by atoms with Gasteiger partial charge in [-0.15, -0.1) is 0 Å². The van der Waals surface area contributed by atoms with Gasteiger partial charge in [0.25, 0.3) is 0 Å². The van der Waals surface area contributed by atoms with Gasteiger partial charge >= 0.3 is 0 Å². The molecule has 2 rings (SSSR count). The molecule has 0 saturated carbocycles. The van der Waals surface area contributed by atoms with E-state index in [0.717, 1.165) is 26.1 Å². The van der Waals surface area contributed by atoms with Crippen LogP contribution in [0.5, 0.6) is 0 Å². The van der Waals surface area contributed by atoms with Crippen LogP contribution in [0.4, 0.5) is 0 Å². The van der Waals surface area contributed by atoms with E-state index in [9.17, 15) is 5.11 Å². The topological polar surface area (TPSA) is 44.3 Å². The van der Waals surface area contributed by atoms with Crippen LogP contribution < -0.4 is 10.6 Å². The Morgan fingerprint density at radius 3 is 2.89 bits per heavy atom. The summed E-state index contributed by atoms with van der Waals surface area (Å²) in [6.45, 7) is 9.04. The van der Waals surface area contributed by atoms with Crippen LogP contribution in [0.3, 0.4) is 0 Å². The van der Waals surface area contributed by atoms with Crippen molar-refractivity contribution in [3.05, 3.63) is 35.4 Å². The van der Waals surface area contributed by atoms with Crippen molar-refractivity contribution >= 4 is 0 Å². The number of aliphatic hydroxyl groups is 1. The average molecular weight is 262 g/mol. The largest absolute Gasteiger partial charge is 0.388 e. The zero-order valence-electron chi connectivity index (χ0n) is 12.2. The van der Waals surface area contributed by atoms with Gasteiger partial charge in [0.15, 0.2) is 0 Å². The van der Waals surface area contributed by atoms with Crippen LogP contribution in [-0.4, -0.2) is 23.8 Å². The summed E-state index contributed by atoms with van der Waals surface area (Å²) >= 11 is 0. The van der Waals surface area contributed by atoms with Gasteiger partial charge in [-0.05, 0) is 43.5 Å². The monoisotopic (exact) mass is 262 g/mol. The SMILES string of the molecule is CC(C)CNCCC(C)(O)C1NCc2ccccc21. The molecule has 0 aliphatic carbocycles. The number of benzene rings is 1. The minimum Gasteiger partial charge on any atom is -0.388 e. The van der Waals surface area contributed by atoms with E-state index in [2.05, 4.69) is 42.7 Å². The lowest BCUT2D eigenvalue weighted by molar-refractivity contribution is 0.0140. The molecule has 0 bridgehead atoms. The van der Waals surface area contributed by atoms with Crippen molar-refractivity contribution in [2.45, 2.75) is 45.4 Å². The van der Waals surface area contributed by atoms with Crippen LogP contribution in [0, 0.1) is 5.92 Å². The fraction of sp³-hybridized carbons (Fsp3) is 0.625. The number of hydrogen-bond acceptors (Lipinski definition) is 3. The molecule has 2 atom stereocenters. The van der Waals surface area contributed by atoms with Crippen LogP contribution >= 0.6 is 0 Å². The van der Waals surface area contributed by atoms with Gasteiger partial charge in [-0.2, -0.15) is 0 Å². The van der Waals surface area contributed by atoms with E-state index in [0.29, 0.717) is 5.92 Å². The zero-order chi connectivity index (χ0) is 13.9. The Labute approximate surface area is 116 Å². The molecule has 106 valence electrons. The summed E-state index contributed by atoms with van der Waals surface area (Å²) in [5.74, 6) is 0.648. The first-order valence-corrected chi connectivity index (χ1v) is 7.25. The lowest BCUT2D eigenvalue weighted by Gasteiger charge is -2.31. The highest BCUT2D eigenvalue weighted by atomic mass is 16.3. The Hall–Kier alpha value is -0.900. The van der Waals surface area contributed by atoms with Crippen LogP contribution in [0.1, 0.15) is 44.4 Å². The fourth-order valence-electron chi connectivity index (χ4n) is 2.73. The van der Waals surface area contributed by atoms with Crippen molar-refractivity contribution in [2.75, 3.05) is 13.1 Å². The number of fused-ring (bicyclic) bond motifs is 1. The molecular weight excluding hydrogens is 236 g/mol. The third-order valence-corrected chi connectivity index (χ3v) is 3.85. The molecule has 0 spiro atoms. The molecule has 0 saturated heterocycles. The molecule has 0 aromatic heterocycles. The van der Waals surface area contributed by atoms with E-state index in [1.807, 2.05) is 13.0 Å². The Morgan fingerprint density at radius 2 is 2.16 bits per heavy atom. The molecule has 3 N–H and O–H groups in total. The minimum absolute atomic E-state index is 0.0459. The predicted octanol–water partition coefficient (Wildman–Crippen LogP) is 2.22. The third-order valence-electron chi connectivity index (χ3n) is 3.85. The molecule has 0 fully saturated rings. The molecule has 0 radical (unpaired) electrons. The van der Waals surface area contributed by atoms with Crippen molar-refractivity contribution in [3.8, 4) is 0 Å². The van der Waals surface area contributed by atoms with Gasteiger partial charge in [0.05, 0.1) is 11.6 Å². The minimum atomic E-state index is -0.712. The highest BCUT2D eigenvalue weighted by Gasteiger charge is 2.36. The summed E-state index contributed by atoms with van der Waals surface area (Å²) in [6.07, 6.45) is 0.756. The molecule has 3 nitrogen and oxygen atoms in total. The second-order valence-electron chi connectivity index (χ2n) is 6.22. The van der Waals surface area contributed by atoms with E-state index < -0.39 is 5.60 Å². The fourth-order valence-corrected chi connectivity index (χ4v) is 2.73. The number of rotatable bonds is 6. The highest BCUT2D eigenvalue weighted by molar-refractivity contribution is 5.35. The van der Waals surface area contributed by atoms with E-state index >= 15 is 0 Å². The van der Waals surface area contributed by atoms with Gasteiger partial charge in [-0.25, -0.2) is 0 Å². The normalized spacial score (nSPS) is 21.4. The van der Waals surface area contributed by atoms with Crippen LogP contribution in [0.2, 0.25) is 0 Å². The molecule has 1 aromatic rings. The molecule has 19 heavy (non-hydrogen) atoms. The van der Waals surface area contributed by atoms with E-state index in [1.54, 1.807) is 0 Å². The van der Waals surface area contributed by atoms with E-state index in [1.165, 1.54) is 11.1 Å². The van der Waals surface area contributed by atoms with Crippen LogP contribution in [0.25, 0.3) is 0 Å². The Balaban J connectivity index is 1.93. The van der Waals surface area contributed by atoms with Gasteiger partial charge in [0.2, 0.25) is 0 Å². The Morgan fingerprint density at radius 1 is 1.42 bits per heavy atom. The molecule has 0 amide bonds. The summed E-state index contributed by atoms with van der Waals surface area (Å²) in [4.78, 5) is 0. The van der Waals surface area contributed by atoms with Crippen molar-refractivity contribution in [1.29, 1.82) is 0 Å². The van der Waals surface area contributed by atoms with Gasteiger partial charge in [-0.1, -0.05) is 38.1 Å². The van der Waals surface area contributed by atoms with Crippen molar-refractivity contribution in [1.82, 2.24) is 10.6 Å². The van der Waals surface area contributed by atoms with Crippen LogP contribution in [0.15, 0.2) is 24.3 Å². The molecule has 3 heteroatoms. The summed E-state index contributed by atoms with van der Waals surface area (Å²) < 4.78 is 0. The maximum atomic E-state index is 10.7. The molecule has 1 aliphatic heterocycles. The zero-order valence-corrected chi connectivity index (χ0v) is 12.2. The van der Waals surface area contributed by atoms with E-state index in [4.69, 9.17) is 0 Å². The van der Waals surface area contributed by atoms with Crippen molar-refractivity contribution in [3.63, 3.8) is 0 Å². The Kier molecular flexibility index (Phi) is 4.61. The molecule has 2 unspecified atom stereocenters.